The van der Waals surface area contributed by atoms with Gasteiger partial charge in [-0.3, -0.25) is 9.89 Å². The van der Waals surface area contributed by atoms with Crippen LogP contribution in [-0.2, 0) is 0 Å². The predicted molar refractivity (Wildman–Crippen MR) is 106 cm³/mol. The van der Waals surface area contributed by atoms with Gasteiger partial charge in [0.1, 0.15) is 0 Å². The molecule has 0 radical (unpaired) electrons. The Kier molecular flexibility index (Phi) is 5.40. The zero-order valence-corrected chi connectivity index (χ0v) is 15.1. The number of aromatic nitrogens is 2. The maximum atomic E-state index is 4.89. The van der Waals surface area contributed by atoms with Gasteiger partial charge < -0.3 is 10.2 Å². The van der Waals surface area contributed by atoms with E-state index in [0.29, 0.717) is 0 Å². The molecule has 0 amide bonds. The maximum Gasteiger partial charge on any atom is 0.225 e. The molecule has 1 N–H and O–H groups in total. The van der Waals surface area contributed by atoms with Crippen LogP contribution in [0, 0.1) is 0 Å². The van der Waals surface area contributed by atoms with Crippen LogP contribution >= 0.6 is 0 Å². The lowest BCUT2D eigenvalue weighted by molar-refractivity contribution is 0.255. The molecule has 6 heteroatoms. The largest absolute Gasteiger partial charge is 0.384 e. The second-order valence-electron chi connectivity index (χ2n) is 6.78. The van der Waals surface area contributed by atoms with Crippen LogP contribution in [0.1, 0.15) is 18.4 Å². The molecule has 4 rings (SSSR count). The SMILES string of the molecule is c1cnc(N2CCN(CCCN=C3CCNc4ccccc43)CC2)nc1. The van der Waals surface area contributed by atoms with E-state index in [9.17, 15) is 0 Å². The van der Waals surface area contributed by atoms with Crippen LogP contribution in [0.25, 0.3) is 0 Å². The molecule has 136 valence electrons. The van der Waals surface area contributed by atoms with E-state index in [-0.39, 0.29) is 0 Å². The molecule has 1 aromatic carbocycles. The first-order valence-corrected chi connectivity index (χ1v) is 9.51. The molecular formula is C20H26N6. The van der Waals surface area contributed by atoms with E-state index < -0.39 is 0 Å². The highest BCUT2D eigenvalue weighted by Gasteiger charge is 2.18. The molecule has 0 aliphatic carbocycles. The highest BCUT2D eigenvalue weighted by atomic mass is 15.3. The summed E-state index contributed by atoms with van der Waals surface area (Å²) in [5.74, 6) is 0.850. The quantitative estimate of drug-likeness (QED) is 0.839. The van der Waals surface area contributed by atoms with Gasteiger partial charge >= 0.3 is 0 Å². The minimum atomic E-state index is 0.850. The van der Waals surface area contributed by atoms with Crippen molar-refractivity contribution in [1.82, 2.24) is 14.9 Å². The summed E-state index contributed by atoms with van der Waals surface area (Å²) in [6, 6.07) is 10.3. The number of rotatable bonds is 5. The summed E-state index contributed by atoms with van der Waals surface area (Å²) in [5, 5.41) is 3.45. The van der Waals surface area contributed by atoms with Gasteiger partial charge in [-0.05, 0) is 18.6 Å². The van der Waals surface area contributed by atoms with Gasteiger partial charge in [-0.2, -0.15) is 0 Å². The number of anilines is 2. The van der Waals surface area contributed by atoms with Crippen molar-refractivity contribution >= 4 is 17.3 Å². The Balaban J connectivity index is 1.23. The minimum Gasteiger partial charge on any atom is -0.384 e. The zero-order chi connectivity index (χ0) is 17.6. The van der Waals surface area contributed by atoms with Gasteiger partial charge in [0, 0.05) is 81.6 Å². The van der Waals surface area contributed by atoms with Crippen molar-refractivity contribution < 1.29 is 0 Å². The van der Waals surface area contributed by atoms with Gasteiger partial charge in [-0.1, -0.05) is 18.2 Å². The van der Waals surface area contributed by atoms with Crippen LogP contribution in [0.15, 0.2) is 47.7 Å². The van der Waals surface area contributed by atoms with Crippen molar-refractivity contribution in [2.75, 3.05) is 56.0 Å². The molecule has 2 aromatic rings. The Morgan fingerprint density at radius 3 is 2.65 bits per heavy atom. The first-order valence-electron chi connectivity index (χ1n) is 9.51. The van der Waals surface area contributed by atoms with E-state index >= 15 is 0 Å². The lowest BCUT2D eigenvalue weighted by atomic mass is 10.0. The second-order valence-corrected chi connectivity index (χ2v) is 6.78. The average Bonchev–Trinajstić information content (AvgIpc) is 2.72. The fourth-order valence-electron chi connectivity index (χ4n) is 3.64. The summed E-state index contributed by atoms with van der Waals surface area (Å²) in [6.45, 7) is 7.14. The molecule has 2 aliphatic heterocycles. The Hall–Kier alpha value is -2.47. The number of fused-ring (bicyclic) bond motifs is 1. The molecular weight excluding hydrogens is 324 g/mol. The number of nitrogens with one attached hydrogen (secondary N) is 1. The molecule has 3 heterocycles. The van der Waals surface area contributed by atoms with E-state index in [1.54, 1.807) is 0 Å². The molecule has 0 atom stereocenters. The Bertz CT molecular complexity index is 737. The molecule has 1 saturated heterocycles. The summed E-state index contributed by atoms with van der Waals surface area (Å²) >= 11 is 0. The first kappa shape index (κ1) is 17.0. The van der Waals surface area contributed by atoms with Gasteiger partial charge in [-0.15, -0.1) is 0 Å². The monoisotopic (exact) mass is 350 g/mol. The Morgan fingerprint density at radius 1 is 1.00 bits per heavy atom. The summed E-state index contributed by atoms with van der Waals surface area (Å²) in [5.41, 5.74) is 3.75. The number of nitrogens with zero attached hydrogens (tertiary/aromatic N) is 5. The minimum absolute atomic E-state index is 0.850. The number of aliphatic imine (C=N–C) groups is 1. The van der Waals surface area contributed by atoms with E-state index in [2.05, 4.69) is 49.4 Å². The van der Waals surface area contributed by atoms with Gasteiger partial charge in [0.25, 0.3) is 0 Å². The number of para-hydroxylation sites is 1. The van der Waals surface area contributed by atoms with Crippen LogP contribution in [0.3, 0.4) is 0 Å². The average molecular weight is 350 g/mol. The van der Waals surface area contributed by atoms with Crippen LogP contribution in [0.2, 0.25) is 0 Å². The molecule has 0 unspecified atom stereocenters. The molecule has 1 fully saturated rings. The third kappa shape index (κ3) is 4.02. The normalized spacial score (nSPS) is 19.2. The summed E-state index contributed by atoms with van der Waals surface area (Å²) in [4.78, 5) is 18.4. The zero-order valence-electron chi connectivity index (χ0n) is 15.1. The predicted octanol–water partition coefficient (Wildman–Crippen LogP) is 2.29. The fourth-order valence-corrected chi connectivity index (χ4v) is 3.64. The van der Waals surface area contributed by atoms with Crippen LogP contribution in [0.5, 0.6) is 0 Å². The summed E-state index contributed by atoms with van der Waals surface area (Å²) < 4.78 is 0. The van der Waals surface area contributed by atoms with Gasteiger partial charge in [0.15, 0.2) is 0 Å². The Labute approximate surface area is 155 Å². The number of benzene rings is 1. The number of hydrogen-bond donors (Lipinski definition) is 1. The van der Waals surface area contributed by atoms with Crippen molar-refractivity contribution in [3.8, 4) is 0 Å². The van der Waals surface area contributed by atoms with Gasteiger partial charge in [0.2, 0.25) is 5.95 Å². The topological polar surface area (TPSA) is 56.7 Å². The standard InChI is InChI=1S/C20H26N6/c1-2-6-18-17(5-1)19(7-11-22-18)21-10-4-12-25-13-15-26(16-14-25)20-23-8-3-9-24-20/h1-3,5-6,8-9,22H,4,7,10-16H2. The fraction of sp³-hybridized carbons (Fsp3) is 0.450. The van der Waals surface area contributed by atoms with Crippen LogP contribution in [0.4, 0.5) is 11.6 Å². The highest BCUT2D eigenvalue weighted by molar-refractivity contribution is 6.06. The van der Waals surface area contributed by atoms with Crippen LogP contribution in [-0.4, -0.2) is 66.4 Å². The molecule has 6 nitrogen and oxygen atoms in total. The smallest absolute Gasteiger partial charge is 0.225 e. The molecule has 0 bridgehead atoms. The summed E-state index contributed by atoms with van der Waals surface area (Å²) in [6.07, 6.45) is 5.76. The van der Waals surface area contributed by atoms with E-state index in [4.69, 9.17) is 4.99 Å². The van der Waals surface area contributed by atoms with Crippen molar-refractivity contribution in [3.05, 3.63) is 48.3 Å². The molecule has 26 heavy (non-hydrogen) atoms. The lowest BCUT2D eigenvalue weighted by Gasteiger charge is -2.34. The van der Waals surface area contributed by atoms with E-state index in [1.807, 2.05) is 18.5 Å². The van der Waals surface area contributed by atoms with E-state index in [1.165, 1.54) is 17.0 Å². The van der Waals surface area contributed by atoms with Crippen molar-refractivity contribution in [1.29, 1.82) is 0 Å². The lowest BCUT2D eigenvalue weighted by Crippen LogP contribution is -2.47. The molecule has 0 saturated carbocycles. The van der Waals surface area contributed by atoms with Crippen molar-refractivity contribution in [2.45, 2.75) is 12.8 Å². The van der Waals surface area contributed by atoms with E-state index in [0.717, 1.165) is 64.6 Å². The molecule has 0 spiro atoms. The van der Waals surface area contributed by atoms with Gasteiger partial charge in [-0.25, -0.2) is 9.97 Å². The molecule has 1 aromatic heterocycles. The maximum absolute atomic E-state index is 4.89. The number of piperazine rings is 1. The first-order chi connectivity index (χ1) is 12.9. The highest BCUT2D eigenvalue weighted by Crippen LogP contribution is 2.21. The van der Waals surface area contributed by atoms with Crippen molar-refractivity contribution in [2.24, 2.45) is 4.99 Å². The van der Waals surface area contributed by atoms with Crippen LogP contribution < -0.4 is 10.2 Å². The second kappa shape index (κ2) is 8.27. The third-order valence-corrected chi connectivity index (χ3v) is 5.06. The molecule has 2 aliphatic rings. The number of hydrogen-bond acceptors (Lipinski definition) is 6. The van der Waals surface area contributed by atoms with Gasteiger partial charge in [0.05, 0.1) is 0 Å². The third-order valence-electron chi connectivity index (χ3n) is 5.06. The summed E-state index contributed by atoms with van der Waals surface area (Å²) in [7, 11) is 0. The van der Waals surface area contributed by atoms with Crippen molar-refractivity contribution in [3.63, 3.8) is 0 Å². The Morgan fingerprint density at radius 2 is 1.81 bits per heavy atom.